The summed E-state index contributed by atoms with van der Waals surface area (Å²) >= 11 is 0. The van der Waals surface area contributed by atoms with Crippen molar-refractivity contribution in [3.05, 3.63) is 18.2 Å². The first-order chi connectivity index (χ1) is 8.34. The number of methoxy groups -OCH3 is 1. The van der Waals surface area contributed by atoms with Crippen LogP contribution >= 0.6 is 0 Å². The van der Waals surface area contributed by atoms with Crippen LogP contribution in [-0.4, -0.2) is 35.7 Å². The monoisotopic (exact) mass is 273 g/mol. The van der Waals surface area contributed by atoms with Crippen LogP contribution in [0.2, 0.25) is 0 Å². The van der Waals surface area contributed by atoms with Crippen molar-refractivity contribution in [2.24, 2.45) is 5.14 Å². The van der Waals surface area contributed by atoms with Gasteiger partial charge in [-0.2, -0.15) is 0 Å². The van der Waals surface area contributed by atoms with Gasteiger partial charge in [-0.3, -0.25) is 0 Å². The fourth-order valence-electron chi connectivity index (χ4n) is 1.57. The standard InChI is InChI=1S/C11H19N3O3S/c1-14(4-3-5-17-2)10-6-9(12)7-11(8-10)18(13,15)16/h6-8H,3-5,12H2,1-2H3,(H2,13,15,16). The van der Waals surface area contributed by atoms with Gasteiger partial charge in [0.15, 0.2) is 0 Å². The van der Waals surface area contributed by atoms with Crippen molar-refractivity contribution < 1.29 is 13.2 Å². The van der Waals surface area contributed by atoms with E-state index in [9.17, 15) is 8.42 Å². The SMILES string of the molecule is COCCCN(C)c1cc(N)cc(S(N)(=O)=O)c1. The number of anilines is 2. The molecule has 0 amide bonds. The lowest BCUT2D eigenvalue weighted by Crippen LogP contribution is -2.21. The fraction of sp³-hybridized carbons (Fsp3) is 0.455. The smallest absolute Gasteiger partial charge is 0.238 e. The van der Waals surface area contributed by atoms with Crippen molar-refractivity contribution in [3.8, 4) is 0 Å². The van der Waals surface area contributed by atoms with Crippen molar-refractivity contribution >= 4 is 21.4 Å². The third-order valence-corrected chi connectivity index (χ3v) is 3.42. The van der Waals surface area contributed by atoms with Gasteiger partial charge in [0, 0.05) is 38.7 Å². The Morgan fingerprint density at radius 2 is 2.00 bits per heavy atom. The van der Waals surface area contributed by atoms with Crippen molar-refractivity contribution in [1.29, 1.82) is 0 Å². The Labute approximate surface area is 108 Å². The van der Waals surface area contributed by atoms with Gasteiger partial charge in [0.2, 0.25) is 10.0 Å². The number of sulfonamides is 1. The second-order valence-corrected chi connectivity index (χ2v) is 5.63. The van der Waals surface area contributed by atoms with Gasteiger partial charge in [0.1, 0.15) is 0 Å². The molecule has 1 rings (SSSR count). The third-order valence-electron chi connectivity index (χ3n) is 2.52. The summed E-state index contributed by atoms with van der Waals surface area (Å²) in [6.07, 6.45) is 0.840. The molecule has 0 fully saturated rings. The number of benzene rings is 1. The molecule has 18 heavy (non-hydrogen) atoms. The molecule has 1 aromatic carbocycles. The van der Waals surface area contributed by atoms with Crippen LogP contribution in [0.5, 0.6) is 0 Å². The molecule has 1 aromatic rings. The van der Waals surface area contributed by atoms with E-state index in [-0.39, 0.29) is 4.90 Å². The molecule has 0 bridgehead atoms. The first-order valence-corrected chi connectivity index (χ1v) is 7.02. The van der Waals surface area contributed by atoms with Crippen molar-refractivity contribution in [3.63, 3.8) is 0 Å². The van der Waals surface area contributed by atoms with E-state index in [1.807, 2.05) is 11.9 Å². The largest absolute Gasteiger partial charge is 0.399 e. The van der Waals surface area contributed by atoms with E-state index in [1.54, 1.807) is 13.2 Å². The van der Waals surface area contributed by atoms with Crippen LogP contribution in [-0.2, 0) is 14.8 Å². The Bertz CT molecular complexity index is 502. The van der Waals surface area contributed by atoms with Crippen LogP contribution in [0.15, 0.2) is 23.1 Å². The summed E-state index contributed by atoms with van der Waals surface area (Å²) in [5, 5.41) is 5.09. The number of ether oxygens (including phenoxy) is 1. The molecule has 0 aliphatic carbocycles. The van der Waals surface area contributed by atoms with E-state index < -0.39 is 10.0 Å². The summed E-state index contributed by atoms with van der Waals surface area (Å²) < 4.78 is 27.6. The zero-order valence-electron chi connectivity index (χ0n) is 10.6. The highest BCUT2D eigenvalue weighted by Crippen LogP contribution is 2.22. The molecule has 102 valence electrons. The lowest BCUT2D eigenvalue weighted by molar-refractivity contribution is 0.196. The number of nitrogen functional groups attached to an aromatic ring is 1. The minimum absolute atomic E-state index is 0.0242. The molecule has 0 atom stereocenters. The van der Waals surface area contributed by atoms with Gasteiger partial charge in [0.05, 0.1) is 4.90 Å². The molecule has 0 aromatic heterocycles. The van der Waals surface area contributed by atoms with Crippen LogP contribution < -0.4 is 15.8 Å². The lowest BCUT2D eigenvalue weighted by atomic mass is 10.2. The Kier molecular flexibility index (Phi) is 4.94. The van der Waals surface area contributed by atoms with Crippen LogP contribution in [0.1, 0.15) is 6.42 Å². The summed E-state index contributed by atoms with van der Waals surface area (Å²) in [5.41, 5.74) is 6.77. The van der Waals surface area contributed by atoms with Gasteiger partial charge in [-0.25, -0.2) is 13.6 Å². The molecule has 0 heterocycles. The Morgan fingerprint density at radius 1 is 1.33 bits per heavy atom. The summed E-state index contributed by atoms with van der Waals surface area (Å²) in [6.45, 7) is 1.38. The van der Waals surface area contributed by atoms with Gasteiger partial charge in [-0.15, -0.1) is 0 Å². The van der Waals surface area contributed by atoms with E-state index in [0.29, 0.717) is 12.3 Å². The predicted molar refractivity (Wildman–Crippen MR) is 72.0 cm³/mol. The Hall–Kier alpha value is -1.31. The maximum atomic E-state index is 11.3. The second kappa shape index (κ2) is 6.03. The quantitative estimate of drug-likeness (QED) is 0.577. The minimum atomic E-state index is -3.74. The molecule has 0 spiro atoms. The minimum Gasteiger partial charge on any atom is -0.399 e. The molecule has 0 aliphatic heterocycles. The number of primary sulfonamides is 1. The highest BCUT2D eigenvalue weighted by atomic mass is 32.2. The molecular formula is C11H19N3O3S. The summed E-state index contributed by atoms with van der Waals surface area (Å²) in [7, 11) is -0.241. The summed E-state index contributed by atoms with van der Waals surface area (Å²) in [4.78, 5) is 1.93. The maximum Gasteiger partial charge on any atom is 0.238 e. The molecule has 0 radical (unpaired) electrons. The molecule has 6 nitrogen and oxygen atoms in total. The Balaban J connectivity index is 2.92. The van der Waals surface area contributed by atoms with E-state index in [0.717, 1.165) is 18.7 Å². The van der Waals surface area contributed by atoms with Crippen molar-refractivity contribution in [1.82, 2.24) is 0 Å². The highest BCUT2D eigenvalue weighted by molar-refractivity contribution is 7.89. The zero-order valence-corrected chi connectivity index (χ0v) is 11.4. The first-order valence-electron chi connectivity index (χ1n) is 5.48. The Morgan fingerprint density at radius 3 is 2.56 bits per heavy atom. The van der Waals surface area contributed by atoms with E-state index in [1.165, 1.54) is 12.1 Å². The average Bonchev–Trinajstić information content (AvgIpc) is 2.27. The van der Waals surface area contributed by atoms with Gasteiger partial charge >= 0.3 is 0 Å². The van der Waals surface area contributed by atoms with E-state index in [4.69, 9.17) is 15.6 Å². The van der Waals surface area contributed by atoms with Gasteiger partial charge in [-0.05, 0) is 24.6 Å². The number of hydrogen-bond acceptors (Lipinski definition) is 5. The van der Waals surface area contributed by atoms with Gasteiger partial charge < -0.3 is 15.4 Å². The van der Waals surface area contributed by atoms with Gasteiger partial charge in [0.25, 0.3) is 0 Å². The predicted octanol–water partition coefficient (Wildman–Crippen LogP) is 0.389. The molecular weight excluding hydrogens is 254 g/mol. The molecule has 0 unspecified atom stereocenters. The molecule has 4 N–H and O–H groups in total. The zero-order chi connectivity index (χ0) is 13.8. The molecule has 7 heteroatoms. The number of rotatable bonds is 6. The second-order valence-electron chi connectivity index (χ2n) is 4.07. The van der Waals surface area contributed by atoms with E-state index >= 15 is 0 Å². The molecule has 0 aliphatic rings. The van der Waals surface area contributed by atoms with Crippen LogP contribution in [0, 0.1) is 0 Å². The topological polar surface area (TPSA) is 98.7 Å². The summed E-state index contributed by atoms with van der Waals surface area (Å²) in [5.74, 6) is 0. The number of nitrogens with two attached hydrogens (primary N) is 2. The van der Waals surface area contributed by atoms with Crippen LogP contribution in [0.4, 0.5) is 11.4 Å². The van der Waals surface area contributed by atoms with Gasteiger partial charge in [-0.1, -0.05) is 0 Å². The molecule has 0 saturated carbocycles. The summed E-state index contributed by atoms with van der Waals surface area (Å²) in [6, 6.07) is 4.57. The lowest BCUT2D eigenvalue weighted by Gasteiger charge is -2.20. The maximum absolute atomic E-state index is 11.3. The molecule has 0 saturated heterocycles. The van der Waals surface area contributed by atoms with E-state index in [2.05, 4.69) is 0 Å². The average molecular weight is 273 g/mol. The van der Waals surface area contributed by atoms with Crippen molar-refractivity contribution in [2.45, 2.75) is 11.3 Å². The normalized spacial score (nSPS) is 11.5. The number of hydrogen-bond donors (Lipinski definition) is 2. The fourth-order valence-corrected chi connectivity index (χ4v) is 2.15. The number of nitrogens with zero attached hydrogens (tertiary/aromatic N) is 1. The highest BCUT2D eigenvalue weighted by Gasteiger charge is 2.11. The van der Waals surface area contributed by atoms with Crippen LogP contribution in [0.3, 0.4) is 0 Å². The van der Waals surface area contributed by atoms with Crippen molar-refractivity contribution in [2.75, 3.05) is 37.9 Å². The third kappa shape index (κ3) is 4.17. The van der Waals surface area contributed by atoms with Crippen LogP contribution in [0.25, 0.3) is 0 Å². The first kappa shape index (κ1) is 14.7.